The minimum absolute atomic E-state index is 0.0705. The molecule has 1 saturated carbocycles. The number of hydrogen-bond acceptors (Lipinski definition) is 2. The van der Waals surface area contributed by atoms with E-state index < -0.39 is 11.5 Å². The Morgan fingerprint density at radius 3 is 2.60 bits per heavy atom. The molecule has 0 aromatic rings. The lowest BCUT2D eigenvalue weighted by atomic mass is 9.69. The lowest BCUT2D eigenvalue weighted by molar-refractivity contribution is -0.147. The molecule has 0 amide bonds. The van der Waals surface area contributed by atoms with Gasteiger partial charge in [-0.25, -0.2) is 0 Å². The lowest BCUT2D eigenvalue weighted by Crippen LogP contribution is -2.57. The second-order valence-corrected chi connectivity index (χ2v) is 2.73. The standard InChI is InChI=1S/C7H9NO2/c1-2-5-3-7(8,4-5)6(9)10/h1,5H,3-4,8H2,(H,9,10). The van der Waals surface area contributed by atoms with Gasteiger partial charge in [-0.2, -0.15) is 0 Å². The predicted octanol–water partition coefficient (Wildman–Crippen LogP) is -0.188. The Morgan fingerprint density at radius 1 is 1.80 bits per heavy atom. The fourth-order valence-electron chi connectivity index (χ4n) is 1.11. The second kappa shape index (κ2) is 1.99. The van der Waals surface area contributed by atoms with Gasteiger partial charge in [-0.05, 0) is 12.8 Å². The number of aliphatic carboxylic acids is 1. The Morgan fingerprint density at radius 2 is 2.30 bits per heavy atom. The van der Waals surface area contributed by atoms with Gasteiger partial charge in [0.2, 0.25) is 0 Å². The van der Waals surface area contributed by atoms with E-state index in [0.29, 0.717) is 12.8 Å². The van der Waals surface area contributed by atoms with Crippen LogP contribution < -0.4 is 5.73 Å². The van der Waals surface area contributed by atoms with Crippen LogP contribution in [0.2, 0.25) is 0 Å². The monoisotopic (exact) mass is 139 g/mol. The molecule has 0 aromatic heterocycles. The molecule has 0 atom stereocenters. The minimum atomic E-state index is -1.03. The van der Waals surface area contributed by atoms with Gasteiger partial charge in [0, 0.05) is 5.92 Å². The first-order chi connectivity index (χ1) is 4.58. The van der Waals surface area contributed by atoms with Gasteiger partial charge in [0.05, 0.1) is 0 Å². The highest BCUT2D eigenvalue weighted by molar-refractivity contribution is 5.80. The van der Waals surface area contributed by atoms with E-state index >= 15 is 0 Å². The summed E-state index contributed by atoms with van der Waals surface area (Å²) in [6.07, 6.45) is 5.89. The number of terminal acetylenes is 1. The molecule has 1 aliphatic rings. The van der Waals surface area contributed by atoms with Crippen LogP contribution in [0.1, 0.15) is 12.8 Å². The number of carboxylic acids is 1. The van der Waals surface area contributed by atoms with Crippen LogP contribution in [0, 0.1) is 18.3 Å². The van der Waals surface area contributed by atoms with E-state index in [1.807, 2.05) is 0 Å². The van der Waals surface area contributed by atoms with Gasteiger partial charge in [0.15, 0.2) is 0 Å². The van der Waals surface area contributed by atoms with E-state index in [1.54, 1.807) is 0 Å². The SMILES string of the molecule is C#CC1CC(N)(C(=O)O)C1. The molecule has 0 bridgehead atoms. The van der Waals surface area contributed by atoms with Crippen molar-refractivity contribution in [3.63, 3.8) is 0 Å². The maximum absolute atomic E-state index is 10.4. The van der Waals surface area contributed by atoms with Gasteiger partial charge in [0.25, 0.3) is 0 Å². The topological polar surface area (TPSA) is 63.3 Å². The van der Waals surface area contributed by atoms with Crippen molar-refractivity contribution in [3.8, 4) is 12.3 Å². The van der Waals surface area contributed by atoms with Crippen molar-refractivity contribution in [2.45, 2.75) is 18.4 Å². The average Bonchev–Trinajstić information content (AvgIpc) is 1.80. The molecule has 1 fully saturated rings. The first-order valence-electron chi connectivity index (χ1n) is 3.07. The molecule has 1 aliphatic carbocycles. The van der Waals surface area contributed by atoms with Gasteiger partial charge < -0.3 is 10.8 Å². The maximum atomic E-state index is 10.4. The molecule has 0 aromatic carbocycles. The van der Waals surface area contributed by atoms with Gasteiger partial charge >= 0.3 is 5.97 Å². The Hall–Kier alpha value is -1.01. The summed E-state index contributed by atoms with van der Waals surface area (Å²) in [5.74, 6) is 1.59. The highest BCUT2D eigenvalue weighted by atomic mass is 16.4. The molecule has 0 unspecified atom stereocenters. The lowest BCUT2D eigenvalue weighted by Gasteiger charge is -2.38. The van der Waals surface area contributed by atoms with E-state index in [9.17, 15) is 4.79 Å². The van der Waals surface area contributed by atoms with E-state index in [4.69, 9.17) is 17.3 Å². The van der Waals surface area contributed by atoms with Crippen LogP contribution in [-0.2, 0) is 4.79 Å². The Balaban J connectivity index is 2.51. The van der Waals surface area contributed by atoms with E-state index in [1.165, 1.54) is 0 Å². The van der Waals surface area contributed by atoms with Crippen molar-refractivity contribution in [1.29, 1.82) is 0 Å². The predicted molar refractivity (Wildman–Crippen MR) is 36.1 cm³/mol. The summed E-state index contributed by atoms with van der Waals surface area (Å²) >= 11 is 0. The minimum Gasteiger partial charge on any atom is -0.480 e. The first-order valence-corrected chi connectivity index (χ1v) is 3.07. The van der Waals surface area contributed by atoms with Crippen molar-refractivity contribution >= 4 is 5.97 Å². The summed E-state index contributed by atoms with van der Waals surface area (Å²) < 4.78 is 0. The third kappa shape index (κ3) is 0.869. The van der Waals surface area contributed by atoms with Crippen LogP contribution in [0.5, 0.6) is 0 Å². The first kappa shape index (κ1) is 7.10. The molecule has 0 aliphatic heterocycles. The molecule has 54 valence electrons. The van der Waals surface area contributed by atoms with Crippen LogP contribution in [0.15, 0.2) is 0 Å². The van der Waals surface area contributed by atoms with Crippen LogP contribution in [0.3, 0.4) is 0 Å². The summed E-state index contributed by atoms with van der Waals surface area (Å²) in [5, 5.41) is 8.51. The Labute approximate surface area is 59.2 Å². The molecule has 0 heterocycles. The molecule has 0 radical (unpaired) electrons. The normalized spacial score (nSPS) is 37.8. The number of nitrogens with two attached hydrogens (primary N) is 1. The average molecular weight is 139 g/mol. The fourth-order valence-corrected chi connectivity index (χ4v) is 1.11. The van der Waals surface area contributed by atoms with E-state index in [-0.39, 0.29) is 5.92 Å². The van der Waals surface area contributed by atoms with Crippen LogP contribution in [0.4, 0.5) is 0 Å². The Kier molecular flexibility index (Phi) is 1.42. The second-order valence-electron chi connectivity index (χ2n) is 2.73. The summed E-state index contributed by atoms with van der Waals surface area (Å²) in [4.78, 5) is 10.4. The van der Waals surface area contributed by atoms with Gasteiger partial charge in [-0.3, -0.25) is 4.79 Å². The zero-order valence-electron chi connectivity index (χ0n) is 5.50. The number of carboxylic acid groups (broad SMARTS) is 1. The summed E-state index contributed by atoms with van der Waals surface area (Å²) in [6.45, 7) is 0. The van der Waals surface area contributed by atoms with Crippen molar-refractivity contribution in [2.75, 3.05) is 0 Å². The molecule has 0 spiro atoms. The summed E-state index contributed by atoms with van der Waals surface area (Å²) in [5.41, 5.74) is 4.39. The smallest absolute Gasteiger partial charge is 0.323 e. The van der Waals surface area contributed by atoms with Crippen LogP contribution in [-0.4, -0.2) is 16.6 Å². The summed E-state index contributed by atoms with van der Waals surface area (Å²) in [7, 11) is 0. The maximum Gasteiger partial charge on any atom is 0.323 e. The third-order valence-electron chi connectivity index (χ3n) is 1.88. The fraction of sp³-hybridized carbons (Fsp3) is 0.571. The number of rotatable bonds is 1. The summed E-state index contributed by atoms with van der Waals surface area (Å²) in [6, 6.07) is 0. The molecule has 10 heavy (non-hydrogen) atoms. The van der Waals surface area contributed by atoms with Crippen LogP contribution >= 0.6 is 0 Å². The van der Waals surface area contributed by atoms with Gasteiger partial charge in [-0.1, -0.05) is 0 Å². The molecular weight excluding hydrogens is 130 g/mol. The number of hydrogen-bond donors (Lipinski definition) is 2. The highest BCUT2D eigenvalue weighted by Gasteiger charge is 2.46. The molecule has 0 saturated heterocycles. The third-order valence-corrected chi connectivity index (χ3v) is 1.88. The van der Waals surface area contributed by atoms with Gasteiger partial charge in [0.1, 0.15) is 5.54 Å². The molecule has 1 rings (SSSR count). The van der Waals surface area contributed by atoms with Crippen molar-refractivity contribution < 1.29 is 9.90 Å². The zero-order chi connectivity index (χ0) is 7.78. The molecule has 3 nitrogen and oxygen atoms in total. The quantitative estimate of drug-likeness (QED) is 0.495. The van der Waals surface area contributed by atoms with Gasteiger partial charge in [-0.15, -0.1) is 12.3 Å². The Bertz CT molecular complexity index is 198. The zero-order valence-corrected chi connectivity index (χ0v) is 5.50. The van der Waals surface area contributed by atoms with Crippen LogP contribution in [0.25, 0.3) is 0 Å². The molecular formula is C7H9NO2. The van der Waals surface area contributed by atoms with E-state index in [0.717, 1.165) is 0 Å². The van der Waals surface area contributed by atoms with E-state index in [2.05, 4.69) is 5.92 Å². The molecule has 3 heteroatoms. The van der Waals surface area contributed by atoms with Crippen molar-refractivity contribution in [3.05, 3.63) is 0 Å². The van der Waals surface area contributed by atoms with Crippen molar-refractivity contribution in [1.82, 2.24) is 0 Å². The number of carbonyl (C=O) groups is 1. The van der Waals surface area contributed by atoms with Crippen molar-refractivity contribution in [2.24, 2.45) is 11.7 Å². The highest BCUT2D eigenvalue weighted by Crippen LogP contribution is 2.35. The largest absolute Gasteiger partial charge is 0.480 e. The molecule has 3 N–H and O–H groups in total.